The predicted octanol–water partition coefficient (Wildman–Crippen LogP) is 2.88. The first-order chi connectivity index (χ1) is 12.9. The number of thiazole rings is 1. The van der Waals surface area contributed by atoms with Crippen molar-refractivity contribution in [2.24, 2.45) is 0 Å². The number of carbonyl (C=O) groups is 3. The predicted molar refractivity (Wildman–Crippen MR) is 105 cm³/mol. The standard InChI is InChI=1S/C18H20N4O4S/c1-4-9-19-18-22-15(10-27-18)17(25)26-11(2)16(24)21-14-7-5-13(6-8-14)20-12(3)23/h4-8,10-11H,1,9H2,2-3H3,(H,19,22)(H,20,23)(H,21,24)/t11-/m0/s1. The van der Waals surface area contributed by atoms with E-state index in [9.17, 15) is 14.4 Å². The van der Waals surface area contributed by atoms with Gasteiger partial charge in [-0.25, -0.2) is 9.78 Å². The number of nitrogens with zero attached hydrogens (tertiary/aromatic N) is 1. The summed E-state index contributed by atoms with van der Waals surface area (Å²) in [7, 11) is 0. The van der Waals surface area contributed by atoms with E-state index in [-0.39, 0.29) is 11.6 Å². The first-order valence-corrected chi connectivity index (χ1v) is 8.97. The SMILES string of the molecule is C=CCNc1nc(C(=O)O[C@@H](C)C(=O)Nc2ccc(NC(C)=O)cc2)cs1. The highest BCUT2D eigenvalue weighted by Gasteiger charge is 2.21. The van der Waals surface area contributed by atoms with E-state index >= 15 is 0 Å². The summed E-state index contributed by atoms with van der Waals surface area (Å²) in [6.45, 7) is 7.00. The van der Waals surface area contributed by atoms with Gasteiger partial charge < -0.3 is 20.7 Å². The lowest BCUT2D eigenvalue weighted by Crippen LogP contribution is -2.30. The molecule has 0 bridgehead atoms. The van der Waals surface area contributed by atoms with Crippen LogP contribution in [0.4, 0.5) is 16.5 Å². The molecule has 9 heteroatoms. The number of aromatic nitrogens is 1. The normalized spacial score (nSPS) is 11.2. The molecule has 0 fully saturated rings. The quantitative estimate of drug-likeness (QED) is 0.474. The molecule has 2 rings (SSSR count). The van der Waals surface area contributed by atoms with Crippen LogP contribution in [0.1, 0.15) is 24.3 Å². The number of rotatable bonds is 8. The van der Waals surface area contributed by atoms with Gasteiger partial charge in [-0.1, -0.05) is 6.08 Å². The second-order valence-electron chi connectivity index (χ2n) is 5.50. The highest BCUT2D eigenvalue weighted by atomic mass is 32.1. The number of esters is 1. The summed E-state index contributed by atoms with van der Waals surface area (Å²) in [5.41, 5.74) is 1.26. The van der Waals surface area contributed by atoms with Crippen molar-refractivity contribution in [2.75, 3.05) is 22.5 Å². The van der Waals surface area contributed by atoms with E-state index in [2.05, 4.69) is 27.5 Å². The Bertz CT molecular complexity index is 832. The van der Waals surface area contributed by atoms with Gasteiger partial charge in [0.1, 0.15) is 0 Å². The summed E-state index contributed by atoms with van der Waals surface area (Å²) in [5.74, 6) is -1.34. The number of benzene rings is 1. The van der Waals surface area contributed by atoms with Crippen molar-refractivity contribution in [2.45, 2.75) is 20.0 Å². The molecule has 3 N–H and O–H groups in total. The number of carbonyl (C=O) groups excluding carboxylic acids is 3. The molecule has 27 heavy (non-hydrogen) atoms. The average molecular weight is 388 g/mol. The molecule has 0 saturated carbocycles. The number of ether oxygens (including phenoxy) is 1. The summed E-state index contributed by atoms with van der Waals surface area (Å²) in [5, 5.41) is 10.4. The monoisotopic (exact) mass is 388 g/mol. The average Bonchev–Trinajstić information content (AvgIpc) is 3.10. The summed E-state index contributed by atoms with van der Waals surface area (Å²) < 4.78 is 5.15. The Morgan fingerprint density at radius 1 is 1.22 bits per heavy atom. The van der Waals surface area contributed by atoms with E-state index in [0.29, 0.717) is 23.1 Å². The Kier molecular flexibility index (Phi) is 7.07. The third kappa shape index (κ3) is 6.23. The third-order valence-corrected chi connectivity index (χ3v) is 4.04. The van der Waals surface area contributed by atoms with Gasteiger partial charge in [0.05, 0.1) is 0 Å². The highest BCUT2D eigenvalue weighted by molar-refractivity contribution is 7.13. The van der Waals surface area contributed by atoms with Gasteiger partial charge in [-0.3, -0.25) is 9.59 Å². The molecule has 0 unspecified atom stereocenters. The van der Waals surface area contributed by atoms with Crippen molar-refractivity contribution in [1.29, 1.82) is 0 Å². The van der Waals surface area contributed by atoms with Crippen molar-refractivity contribution in [1.82, 2.24) is 4.98 Å². The Morgan fingerprint density at radius 2 is 1.85 bits per heavy atom. The minimum atomic E-state index is -1.00. The maximum atomic E-state index is 12.2. The molecule has 0 aliphatic rings. The third-order valence-electron chi connectivity index (χ3n) is 3.24. The van der Waals surface area contributed by atoms with Gasteiger partial charge in [-0.15, -0.1) is 17.9 Å². The largest absolute Gasteiger partial charge is 0.448 e. The maximum absolute atomic E-state index is 12.2. The van der Waals surface area contributed by atoms with Crippen molar-refractivity contribution in [3.05, 3.63) is 48.0 Å². The number of anilines is 3. The summed E-state index contributed by atoms with van der Waals surface area (Å²) in [6, 6.07) is 6.58. The van der Waals surface area contributed by atoms with Crippen LogP contribution in [0.5, 0.6) is 0 Å². The van der Waals surface area contributed by atoms with Crippen LogP contribution < -0.4 is 16.0 Å². The van der Waals surface area contributed by atoms with Gasteiger partial charge in [0.25, 0.3) is 5.91 Å². The van der Waals surface area contributed by atoms with E-state index in [1.165, 1.54) is 25.2 Å². The van der Waals surface area contributed by atoms with Crippen LogP contribution in [0.2, 0.25) is 0 Å². The zero-order valence-corrected chi connectivity index (χ0v) is 15.8. The first kappa shape index (κ1) is 20.1. The molecule has 2 amide bonds. The van der Waals surface area contributed by atoms with Crippen molar-refractivity contribution >= 4 is 45.6 Å². The fraction of sp³-hybridized carbons (Fsp3) is 0.222. The Morgan fingerprint density at radius 3 is 2.44 bits per heavy atom. The molecule has 1 heterocycles. The second kappa shape index (κ2) is 9.48. The van der Waals surface area contributed by atoms with Crippen LogP contribution in [-0.2, 0) is 14.3 Å². The molecule has 1 aromatic heterocycles. The van der Waals surface area contributed by atoms with Gasteiger partial charge in [-0.05, 0) is 31.2 Å². The van der Waals surface area contributed by atoms with Crippen LogP contribution in [0.15, 0.2) is 42.3 Å². The fourth-order valence-electron chi connectivity index (χ4n) is 1.97. The molecular weight excluding hydrogens is 368 g/mol. The minimum absolute atomic E-state index is 0.130. The summed E-state index contributed by atoms with van der Waals surface area (Å²) >= 11 is 1.26. The second-order valence-corrected chi connectivity index (χ2v) is 6.36. The molecule has 0 aliphatic heterocycles. The van der Waals surface area contributed by atoms with Gasteiger partial charge in [0.2, 0.25) is 5.91 Å². The molecule has 0 spiro atoms. The zero-order valence-electron chi connectivity index (χ0n) is 14.9. The van der Waals surface area contributed by atoms with Crippen LogP contribution >= 0.6 is 11.3 Å². The molecule has 0 aliphatic carbocycles. The first-order valence-electron chi connectivity index (χ1n) is 8.09. The molecule has 8 nitrogen and oxygen atoms in total. The summed E-state index contributed by atoms with van der Waals surface area (Å²) in [6.07, 6.45) is 0.674. The minimum Gasteiger partial charge on any atom is -0.448 e. The lowest BCUT2D eigenvalue weighted by atomic mass is 10.2. The van der Waals surface area contributed by atoms with E-state index in [4.69, 9.17) is 4.74 Å². The molecule has 2 aromatic rings. The molecular formula is C18H20N4O4S. The lowest BCUT2D eigenvalue weighted by molar-refractivity contribution is -0.123. The Hall–Kier alpha value is -3.20. The topological polar surface area (TPSA) is 109 Å². The van der Waals surface area contributed by atoms with Crippen molar-refractivity contribution in [3.63, 3.8) is 0 Å². The molecule has 0 radical (unpaired) electrons. The van der Waals surface area contributed by atoms with E-state index in [0.717, 1.165) is 0 Å². The number of nitrogens with one attached hydrogen (secondary N) is 3. The smallest absolute Gasteiger partial charge is 0.358 e. The Labute approximate surface area is 160 Å². The zero-order chi connectivity index (χ0) is 19.8. The summed E-state index contributed by atoms with van der Waals surface area (Å²) in [4.78, 5) is 39.4. The van der Waals surface area contributed by atoms with Gasteiger partial charge in [0.15, 0.2) is 16.9 Å². The van der Waals surface area contributed by atoms with Crippen molar-refractivity contribution in [3.8, 4) is 0 Å². The van der Waals surface area contributed by atoms with E-state index < -0.39 is 18.0 Å². The number of hydrogen-bond acceptors (Lipinski definition) is 7. The van der Waals surface area contributed by atoms with Crippen LogP contribution in [0.3, 0.4) is 0 Å². The van der Waals surface area contributed by atoms with Crippen LogP contribution in [-0.4, -0.2) is 35.4 Å². The van der Waals surface area contributed by atoms with Crippen molar-refractivity contribution < 1.29 is 19.1 Å². The lowest BCUT2D eigenvalue weighted by Gasteiger charge is -2.13. The number of hydrogen-bond donors (Lipinski definition) is 3. The molecule has 1 atom stereocenters. The molecule has 1 aromatic carbocycles. The van der Waals surface area contributed by atoms with E-state index in [1.54, 1.807) is 35.7 Å². The van der Waals surface area contributed by atoms with Crippen LogP contribution in [0, 0.1) is 0 Å². The van der Waals surface area contributed by atoms with Gasteiger partial charge in [-0.2, -0.15) is 0 Å². The van der Waals surface area contributed by atoms with E-state index in [1.807, 2.05) is 0 Å². The van der Waals surface area contributed by atoms with Gasteiger partial charge in [0, 0.05) is 30.2 Å². The maximum Gasteiger partial charge on any atom is 0.358 e. The fourth-order valence-corrected chi connectivity index (χ4v) is 2.66. The molecule has 0 saturated heterocycles. The Balaban J connectivity index is 1.89. The molecule has 142 valence electrons. The van der Waals surface area contributed by atoms with Gasteiger partial charge >= 0.3 is 5.97 Å². The highest BCUT2D eigenvalue weighted by Crippen LogP contribution is 2.17. The number of amides is 2. The van der Waals surface area contributed by atoms with Crippen LogP contribution in [0.25, 0.3) is 0 Å².